The highest BCUT2D eigenvalue weighted by Gasteiger charge is 2.33. The monoisotopic (exact) mass is 295 g/mol. The summed E-state index contributed by atoms with van der Waals surface area (Å²) in [7, 11) is 2.83. The molecule has 1 aliphatic carbocycles. The van der Waals surface area contributed by atoms with Gasteiger partial charge in [-0.25, -0.2) is 0 Å². The molecular weight excluding hydrogens is 270 g/mol. The summed E-state index contributed by atoms with van der Waals surface area (Å²) < 4.78 is 17.6. The third-order valence-corrected chi connectivity index (χ3v) is 6.03. The molecule has 0 aliphatic heterocycles. The molecule has 3 nitrogen and oxygen atoms in total. The Morgan fingerprint density at radius 1 is 1.30 bits per heavy atom. The molecule has 1 aromatic carbocycles. The minimum absolute atomic E-state index is 0.231. The molecule has 112 valence electrons. The van der Waals surface area contributed by atoms with Gasteiger partial charge in [-0.3, -0.25) is 4.21 Å². The fraction of sp³-hybridized carbons (Fsp3) is 0.625. The summed E-state index contributed by atoms with van der Waals surface area (Å²) in [6.45, 7) is 0.579. The van der Waals surface area contributed by atoms with E-state index in [2.05, 4.69) is 35.6 Å². The predicted molar refractivity (Wildman–Crippen MR) is 84.6 cm³/mol. The van der Waals surface area contributed by atoms with Crippen LogP contribution in [0.25, 0.3) is 0 Å². The lowest BCUT2D eigenvalue weighted by molar-refractivity contribution is 0.217. The predicted octanol–water partition coefficient (Wildman–Crippen LogP) is 2.31. The molecule has 4 heteroatoms. The number of rotatable bonds is 6. The van der Waals surface area contributed by atoms with Gasteiger partial charge in [-0.05, 0) is 37.8 Å². The first kappa shape index (κ1) is 15.7. The topological polar surface area (TPSA) is 38.3 Å². The molecule has 0 heterocycles. The zero-order chi connectivity index (χ0) is 14.4. The summed E-state index contributed by atoms with van der Waals surface area (Å²) >= 11 is 0. The molecule has 20 heavy (non-hydrogen) atoms. The van der Waals surface area contributed by atoms with Gasteiger partial charge in [-0.2, -0.15) is 0 Å². The summed E-state index contributed by atoms with van der Waals surface area (Å²) in [6, 6.07) is 11.0. The minimum Gasteiger partial charge on any atom is -0.384 e. The van der Waals surface area contributed by atoms with E-state index in [1.54, 1.807) is 7.11 Å². The second-order valence-electron chi connectivity index (χ2n) is 5.43. The zero-order valence-electron chi connectivity index (χ0n) is 12.4. The molecule has 4 atom stereocenters. The van der Waals surface area contributed by atoms with Crippen LogP contribution in [0.3, 0.4) is 0 Å². The van der Waals surface area contributed by atoms with E-state index in [0.717, 1.165) is 12.8 Å². The third kappa shape index (κ3) is 3.90. The van der Waals surface area contributed by atoms with Crippen molar-refractivity contribution in [3.63, 3.8) is 0 Å². The van der Waals surface area contributed by atoms with E-state index >= 15 is 0 Å². The van der Waals surface area contributed by atoms with Gasteiger partial charge in [0.25, 0.3) is 0 Å². The molecule has 0 radical (unpaired) electrons. The maximum Gasteiger partial charge on any atom is 0.0577 e. The van der Waals surface area contributed by atoms with Gasteiger partial charge in [0.05, 0.1) is 11.9 Å². The van der Waals surface area contributed by atoms with Crippen molar-refractivity contribution >= 4 is 10.8 Å². The maximum absolute atomic E-state index is 12.5. The summed E-state index contributed by atoms with van der Waals surface area (Å²) in [4.78, 5) is 0. The largest absolute Gasteiger partial charge is 0.384 e. The van der Waals surface area contributed by atoms with Gasteiger partial charge < -0.3 is 10.1 Å². The van der Waals surface area contributed by atoms with Crippen molar-refractivity contribution in [3.8, 4) is 0 Å². The van der Waals surface area contributed by atoms with Crippen LogP contribution in [-0.2, 0) is 15.5 Å². The van der Waals surface area contributed by atoms with Crippen LogP contribution in [0, 0.1) is 0 Å². The standard InChI is InChI=1S/C16H25NO2S/c1-17-15-9-8-14(13-6-4-3-5-7-13)12-16(15)20(18)11-10-19-2/h3-7,14-17H,8-12H2,1-2H3. The van der Waals surface area contributed by atoms with Crippen LogP contribution in [-0.4, -0.2) is 42.0 Å². The summed E-state index contributed by atoms with van der Waals surface area (Å²) in [5, 5.41) is 3.58. The molecule has 1 N–H and O–H groups in total. The molecule has 1 fully saturated rings. The van der Waals surface area contributed by atoms with E-state index in [1.807, 2.05) is 7.05 Å². The van der Waals surface area contributed by atoms with Crippen LogP contribution in [0.4, 0.5) is 0 Å². The number of methoxy groups -OCH3 is 1. The van der Waals surface area contributed by atoms with Crippen LogP contribution in [0.2, 0.25) is 0 Å². The highest BCUT2D eigenvalue weighted by molar-refractivity contribution is 7.85. The number of benzene rings is 1. The lowest BCUT2D eigenvalue weighted by atomic mass is 9.81. The first-order chi connectivity index (χ1) is 9.76. The number of hydrogen-bond donors (Lipinski definition) is 1. The van der Waals surface area contributed by atoms with Gasteiger partial charge in [0.2, 0.25) is 0 Å². The quantitative estimate of drug-likeness (QED) is 0.875. The Labute approximate surface area is 124 Å². The summed E-state index contributed by atoms with van der Waals surface area (Å²) in [5.74, 6) is 1.18. The van der Waals surface area contributed by atoms with E-state index in [4.69, 9.17) is 4.74 Å². The molecule has 0 aromatic heterocycles. The van der Waals surface area contributed by atoms with Gasteiger partial charge in [0.15, 0.2) is 0 Å². The van der Waals surface area contributed by atoms with E-state index in [9.17, 15) is 4.21 Å². The van der Waals surface area contributed by atoms with Crippen molar-refractivity contribution in [3.05, 3.63) is 35.9 Å². The van der Waals surface area contributed by atoms with E-state index in [0.29, 0.717) is 24.3 Å². The Balaban J connectivity index is 2.05. The Bertz CT molecular complexity index is 424. The summed E-state index contributed by atoms with van der Waals surface area (Å²) in [6.07, 6.45) is 3.28. The second kappa shape index (κ2) is 7.91. The highest BCUT2D eigenvalue weighted by Crippen LogP contribution is 2.35. The first-order valence-corrected chi connectivity index (χ1v) is 8.72. The molecule has 4 unspecified atom stereocenters. The van der Waals surface area contributed by atoms with E-state index < -0.39 is 10.8 Å². The second-order valence-corrected chi connectivity index (χ2v) is 7.21. The van der Waals surface area contributed by atoms with Crippen LogP contribution >= 0.6 is 0 Å². The zero-order valence-corrected chi connectivity index (χ0v) is 13.2. The van der Waals surface area contributed by atoms with E-state index in [-0.39, 0.29) is 5.25 Å². The Morgan fingerprint density at radius 2 is 2.05 bits per heavy atom. The number of ether oxygens (including phenoxy) is 1. The van der Waals surface area contributed by atoms with Crippen LogP contribution < -0.4 is 5.32 Å². The third-order valence-electron chi connectivity index (χ3n) is 4.26. The van der Waals surface area contributed by atoms with Gasteiger partial charge in [-0.1, -0.05) is 30.3 Å². The van der Waals surface area contributed by atoms with Crippen molar-refractivity contribution in [2.24, 2.45) is 0 Å². The molecular formula is C16H25NO2S. The molecule has 2 rings (SSSR count). The average Bonchev–Trinajstić information content (AvgIpc) is 2.52. The lowest BCUT2D eigenvalue weighted by Gasteiger charge is -2.35. The van der Waals surface area contributed by atoms with Gasteiger partial charge in [-0.15, -0.1) is 0 Å². The highest BCUT2D eigenvalue weighted by atomic mass is 32.2. The van der Waals surface area contributed by atoms with Crippen LogP contribution in [0.15, 0.2) is 30.3 Å². The summed E-state index contributed by atoms with van der Waals surface area (Å²) in [5.41, 5.74) is 1.38. The van der Waals surface area contributed by atoms with Crippen molar-refractivity contribution in [1.82, 2.24) is 5.32 Å². The fourth-order valence-electron chi connectivity index (χ4n) is 3.09. The smallest absolute Gasteiger partial charge is 0.0577 e. The normalized spacial score (nSPS) is 28.2. The van der Waals surface area contributed by atoms with Crippen molar-refractivity contribution in [1.29, 1.82) is 0 Å². The van der Waals surface area contributed by atoms with E-state index in [1.165, 1.54) is 12.0 Å². The molecule has 1 saturated carbocycles. The van der Waals surface area contributed by atoms with Crippen LogP contribution in [0.1, 0.15) is 30.7 Å². The van der Waals surface area contributed by atoms with Gasteiger partial charge >= 0.3 is 0 Å². The first-order valence-electron chi connectivity index (χ1n) is 7.34. The maximum atomic E-state index is 12.5. The number of nitrogens with one attached hydrogen (secondary N) is 1. The Kier molecular flexibility index (Phi) is 6.20. The van der Waals surface area contributed by atoms with Gasteiger partial charge in [0, 0.05) is 29.7 Å². The molecule has 0 amide bonds. The van der Waals surface area contributed by atoms with Crippen molar-refractivity contribution in [2.75, 3.05) is 26.5 Å². The Hall–Kier alpha value is -0.710. The van der Waals surface area contributed by atoms with Crippen molar-refractivity contribution in [2.45, 2.75) is 36.5 Å². The molecule has 0 bridgehead atoms. The lowest BCUT2D eigenvalue weighted by Crippen LogP contribution is -2.45. The average molecular weight is 295 g/mol. The van der Waals surface area contributed by atoms with Gasteiger partial charge in [0.1, 0.15) is 0 Å². The molecule has 1 aliphatic rings. The Morgan fingerprint density at radius 3 is 2.70 bits per heavy atom. The number of hydrogen-bond acceptors (Lipinski definition) is 3. The SMILES string of the molecule is CNC1CCC(c2ccccc2)CC1S(=O)CCOC. The minimum atomic E-state index is -0.818. The fourth-order valence-corrected chi connectivity index (χ4v) is 4.81. The molecule has 1 aromatic rings. The van der Waals surface area contributed by atoms with Crippen molar-refractivity contribution < 1.29 is 8.95 Å². The van der Waals surface area contributed by atoms with Crippen LogP contribution in [0.5, 0.6) is 0 Å². The molecule has 0 spiro atoms. The molecule has 0 saturated heterocycles.